The fourth-order valence-electron chi connectivity index (χ4n) is 2.40. The highest BCUT2D eigenvalue weighted by molar-refractivity contribution is 6.35. The molecule has 0 saturated carbocycles. The molecule has 0 aliphatic rings. The number of hydrogen-bond acceptors (Lipinski definition) is 3. The first-order valence-corrected chi connectivity index (χ1v) is 8.71. The zero-order valence-corrected chi connectivity index (χ0v) is 15.9. The molecule has 0 saturated heterocycles. The van der Waals surface area contributed by atoms with Gasteiger partial charge in [-0.15, -0.1) is 0 Å². The predicted octanol–water partition coefficient (Wildman–Crippen LogP) is 5.15. The van der Waals surface area contributed by atoms with Gasteiger partial charge in [-0.05, 0) is 35.9 Å². The molecule has 1 amide bonds. The third kappa shape index (κ3) is 4.30. The number of methoxy groups -OCH3 is 1. The second kappa shape index (κ2) is 7.99. The molecule has 26 heavy (non-hydrogen) atoms. The molecule has 2 aromatic carbocycles. The van der Waals surface area contributed by atoms with Gasteiger partial charge in [0.2, 0.25) is 0 Å². The van der Waals surface area contributed by atoms with Crippen molar-refractivity contribution in [2.75, 3.05) is 12.4 Å². The summed E-state index contributed by atoms with van der Waals surface area (Å²) in [5.74, 6) is 0.0978. The number of nitrogens with zero attached hydrogens (tertiary/aromatic N) is 2. The average Bonchev–Trinajstić information content (AvgIpc) is 3.04. The summed E-state index contributed by atoms with van der Waals surface area (Å²) >= 11 is 18.0. The summed E-state index contributed by atoms with van der Waals surface area (Å²) in [6, 6.07) is 10.1. The van der Waals surface area contributed by atoms with Gasteiger partial charge in [0.25, 0.3) is 5.91 Å². The van der Waals surface area contributed by atoms with E-state index in [-0.39, 0.29) is 5.91 Å². The molecule has 0 aliphatic heterocycles. The van der Waals surface area contributed by atoms with Crippen LogP contribution in [-0.2, 0) is 6.54 Å². The van der Waals surface area contributed by atoms with E-state index >= 15 is 0 Å². The molecule has 1 N–H and O–H groups in total. The van der Waals surface area contributed by atoms with E-state index in [1.54, 1.807) is 47.4 Å². The summed E-state index contributed by atoms with van der Waals surface area (Å²) in [5.41, 5.74) is 1.75. The first kappa shape index (κ1) is 18.6. The van der Waals surface area contributed by atoms with E-state index in [1.807, 2.05) is 6.07 Å². The number of halogens is 3. The van der Waals surface area contributed by atoms with E-state index in [4.69, 9.17) is 39.5 Å². The van der Waals surface area contributed by atoms with Crippen molar-refractivity contribution in [2.24, 2.45) is 0 Å². The fourth-order valence-corrected chi connectivity index (χ4v) is 3.04. The van der Waals surface area contributed by atoms with Gasteiger partial charge in [-0.1, -0.05) is 40.9 Å². The molecule has 5 nitrogen and oxygen atoms in total. The molecule has 0 unspecified atom stereocenters. The lowest BCUT2D eigenvalue weighted by Crippen LogP contribution is -2.12. The maximum Gasteiger partial charge on any atom is 0.259 e. The first-order valence-electron chi connectivity index (χ1n) is 7.57. The number of ether oxygens (including phenoxy) is 1. The number of carbonyl (C=O) groups is 1. The molecule has 3 aromatic rings. The zero-order valence-electron chi connectivity index (χ0n) is 13.7. The predicted molar refractivity (Wildman–Crippen MR) is 104 cm³/mol. The van der Waals surface area contributed by atoms with E-state index < -0.39 is 0 Å². The first-order chi connectivity index (χ1) is 12.5. The summed E-state index contributed by atoms with van der Waals surface area (Å²) in [6.07, 6.45) is 3.26. The lowest BCUT2D eigenvalue weighted by atomic mass is 10.2. The molecule has 134 valence electrons. The Bertz CT molecular complexity index is 957. The minimum absolute atomic E-state index is 0.339. The van der Waals surface area contributed by atoms with E-state index in [1.165, 1.54) is 7.11 Å². The molecule has 3 rings (SSSR count). The Morgan fingerprint density at radius 3 is 2.62 bits per heavy atom. The Balaban J connectivity index is 1.74. The zero-order chi connectivity index (χ0) is 18.7. The number of anilines is 1. The molecule has 8 heteroatoms. The Morgan fingerprint density at radius 1 is 1.15 bits per heavy atom. The van der Waals surface area contributed by atoms with Crippen LogP contribution < -0.4 is 10.1 Å². The van der Waals surface area contributed by atoms with Crippen molar-refractivity contribution >= 4 is 46.4 Å². The van der Waals surface area contributed by atoms with Crippen LogP contribution in [0.25, 0.3) is 0 Å². The Kier molecular flexibility index (Phi) is 5.71. The maximum absolute atomic E-state index is 12.5. The molecular formula is C18H14Cl3N3O2. The van der Waals surface area contributed by atoms with Gasteiger partial charge in [-0.3, -0.25) is 9.48 Å². The highest BCUT2D eigenvalue weighted by atomic mass is 35.5. The number of carbonyl (C=O) groups excluding carboxylic acids is 1. The minimum Gasteiger partial charge on any atom is -0.496 e. The van der Waals surface area contributed by atoms with Gasteiger partial charge in [0.05, 0.1) is 31.1 Å². The van der Waals surface area contributed by atoms with Gasteiger partial charge in [-0.25, -0.2) is 0 Å². The van der Waals surface area contributed by atoms with Crippen molar-refractivity contribution < 1.29 is 9.53 Å². The monoisotopic (exact) mass is 409 g/mol. The number of benzene rings is 2. The van der Waals surface area contributed by atoms with E-state index in [0.29, 0.717) is 38.6 Å². The van der Waals surface area contributed by atoms with E-state index in [0.717, 1.165) is 5.56 Å². The summed E-state index contributed by atoms with van der Waals surface area (Å²) < 4.78 is 6.87. The highest BCUT2D eigenvalue weighted by Crippen LogP contribution is 2.24. The van der Waals surface area contributed by atoms with Gasteiger partial charge < -0.3 is 10.1 Å². The topological polar surface area (TPSA) is 56.1 Å². The van der Waals surface area contributed by atoms with Gasteiger partial charge in [0, 0.05) is 21.3 Å². The summed E-state index contributed by atoms with van der Waals surface area (Å²) in [4.78, 5) is 12.5. The number of aromatic nitrogens is 2. The second-order valence-electron chi connectivity index (χ2n) is 5.46. The number of amides is 1. The van der Waals surface area contributed by atoms with Crippen molar-refractivity contribution in [1.29, 1.82) is 0 Å². The molecule has 0 radical (unpaired) electrons. The average molecular weight is 411 g/mol. The van der Waals surface area contributed by atoms with Crippen LogP contribution >= 0.6 is 34.8 Å². The van der Waals surface area contributed by atoms with Crippen LogP contribution in [0.15, 0.2) is 48.8 Å². The Hall–Kier alpha value is -2.21. The van der Waals surface area contributed by atoms with Gasteiger partial charge in [-0.2, -0.15) is 5.10 Å². The van der Waals surface area contributed by atoms with Crippen LogP contribution in [0.5, 0.6) is 5.75 Å². The van der Waals surface area contributed by atoms with E-state index in [2.05, 4.69) is 10.4 Å². The van der Waals surface area contributed by atoms with Gasteiger partial charge in [0.15, 0.2) is 0 Å². The van der Waals surface area contributed by atoms with Crippen LogP contribution in [0.3, 0.4) is 0 Å². The molecule has 1 aromatic heterocycles. The van der Waals surface area contributed by atoms with Crippen molar-refractivity contribution in [1.82, 2.24) is 9.78 Å². The van der Waals surface area contributed by atoms with Gasteiger partial charge in [0.1, 0.15) is 5.75 Å². The number of nitrogens with one attached hydrogen (secondary N) is 1. The highest BCUT2D eigenvalue weighted by Gasteiger charge is 2.14. The molecule has 0 bridgehead atoms. The van der Waals surface area contributed by atoms with Crippen molar-refractivity contribution in [3.63, 3.8) is 0 Å². The van der Waals surface area contributed by atoms with Crippen molar-refractivity contribution in [3.8, 4) is 5.75 Å². The summed E-state index contributed by atoms with van der Waals surface area (Å²) in [5, 5.41) is 8.59. The third-order valence-corrected chi connectivity index (χ3v) is 4.47. The van der Waals surface area contributed by atoms with Crippen LogP contribution in [0.4, 0.5) is 5.69 Å². The molecular weight excluding hydrogens is 397 g/mol. The minimum atomic E-state index is -0.339. The summed E-state index contributed by atoms with van der Waals surface area (Å²) in [6.45, 7) is 0.451. The number of rotatable bonds is 5. The molecule has 0 atom stereocenters. The Labute approximate surface area is 165 Å². The van der Waals surface area contributed by atoms with Crippen molar-refractivity contribution in [2.45, 2.75) is 6.54 Å². The van der Waals surface area contributed by atoms with Crippen LogP contribution in [-0.4, -0.2) is 22.8 Å². The van der Waals surface area contributed by atoms with Crippen LogP contribution in [0.1, 0.15) is 15.9 Å². The van der Waals surface area contributed by atoms with Crippen LogP contribution in [0, 0.1) is 0 Å². The fraction of sp³-hybridized carbons (Fsp3) is 0.111. The smallest absolute Gasteiger partial charge is 0.259 e. The standard InChI is InChI=1S/C18H14Cl3N3O2/c1-26-17-5-4-12(19)6-15(17)18(25)23-14-8-22-24(10-14)9-11-2-3-13(20)7-16(11)21/h2-8,10H,9H2,1H3,(H,23,25). The lowest BCUT2D eigenvalue weighted by molar-refractivity contribution is 0.102. The quantitative estimate of drug-likeness (QED) is 0.632. The second-order valence-corrected chi connectivity index (χ2v) is 6.74. The summed E-state index contributed by atoms with van der Waals surface area (Å²) in [7, 11) is 1.49. The SMILES string of the molecule is COc1ccc(Cl)cc1C(=O)Nc1cnn(Cc2ccc(Cl)cc2Cl)c1. The molecule has 0 fully saturated rings. The largest absolute Gasteiger partial charge is 0.496 e. The van der Waals surface area contributed by atoms with Crippen molar-refractivity contribution in [3.05, 3.63) is 75.0 Å². The third-order valence-electron chi connectivity index (χ3n) is 3.64. The lowest BCUT2D eigenvalue weighted by Gasteiger charge is -2.08. The number of hydrogen-bond donors (Lipinski definition) is 1. The maximum atomic E-state index is 12.5. The van der Waals surface area contributed by atoms with Crippen LogP contribution in [0.2, 0.25) is 15.1 Å². The molecule has 0 spiro atoms. The van der Waals surface area contributed by atoms with Gasteiger partial charge >= 0.3 is 0 Å². The molecule has 0 aliphatic carbocycles. The normalized spacial score (nSPS) is 10.6. The van der Waals surface area contributed by atoms with E-state index in [9.17, 15) is 4.79 Å². The Morgan fingerprint density at radius 2 is 1.88 bits per heavy atom. The molecule has 1 heterocycles.